The summed E-state index contributed by atoms with van der Waals surface area (Å²) in [6, 6.07) is 13.0. The predicted molar refractivity (Wildman–Crippen MR) is 97.5 cm³/mol. The molecule has 3 heterocycles. The van der Waals surface area contributed by atoms with Gasteiger partial charge in [0, 0.05) is 5.56 Å². The molecule has 0 bridgehead atoms. The number of ether oxygens (including phenoxy) is 3. The van der Waals surface area contributed by atoms with E-state index >= 15 is 0 Å². The number of rotatable bonds is 4. The number of para-hydroxylation sites is 2. The van der Waals surface area contributed by atoms with Gasteiger partial charge in [0.25, 0.3) is 5.89 Å². The molecule has 0 aliphatic carbocycles. The Bertz CT molecular complexity index is 1170. The van der Waals surface area contributed by atoms with Gasteiger partial charge >= 0.3 is 0 Å². The van der Waals surface area contributed by atoms with Gasteiger partial charge in [0.15, 0.2) is 17.2 Å². The summed E-state index contributed by atoms with van der Waals surface area (Å²) < 4.78 is 23.2. The van der Waals surface area contributed by atoms with E-state index in [1.54, 1.807) is 11.8 Å². The van der Waals surface area contributed by atoms with Gasteiger partial charge in [0.2, 0.25) is 12.6 Å². The van der Waals surface area contributed by atoms with Crippen LogP contribution >= 0.6 is 0 Å². The quantitative estimate of drug-likeness (QED) is 0.535. The lowest BCUT2D eigenvalue weighted by Crippen LogP contribution is -2.01. The van der Waals surface area contributed by atoms with E-state index in [1.807, 2.05) is 49.4 Å². The smallest absolute Gasteiger partial charge is 0.280 e. The highest BCUT2D eigenvalue weighted by atomic mass is 16.7. The molecular formula is C19H15N5O4. The summed E-state index contributed by atoms with van der Waals surface area (Å²) in [7, 11) is 1.61. The van der Waals surface area contributed by atoms with Crippen molar-refractivity contribution >= 4 is 0 Å². The van der Waals surface area contributed by atoms with Crippen molar-refractivity contribution in [2.45, 2.75) is 6.92 Å². The largest absolute Gasteiger partial charge is 0.494 e. The number of hydrogen-bond acceptors (Lipinski definition) is 8. The highest BCUT2D eigenvalue weighted by Gasteiger charge is 2.21. The van der Waals surface area contributed by atoms with Crippen LogP contribution in [0.2, 0.25) is 0 Å². The van der Waals surface area contributed by atoms with Gasteiger partial charge in [-0.2, -0.15) is 4.98 Å². The lowest BCUT2D eigenvalue weighted by molar-refractivity contribution is 0.174. The third-order valence-electron chi connectivity index (χ3n) is 4.47. The normalized spacial score (nSPS) is 12.4. The summed E-state index contributed by atoms with van der Waals surface area (Å²) in [5.74, 6) is 2.75. The third-order valence-corrected chi connectivity index (χ3v) is 4.47. The number of methoxy groups -OCH3 is 1. The second-order valence-corrected chi connectivity index (χ2v) is 6.10. The minimum atomic E-state index is 0.210. The molecule has 0 unspecified atom stereocenters. The van der Waals surface area contributed by atoms with Crippen molar-refractivity contribution in [1.82, 2.24) is 25.1 Å². The molecule has 140 valence electrons. The number of aromatic nitrogens is 5. The van der Waals surface area contributed by atoms with Crippen molar-refractivity contribution in [2.75, 3.05) is 13.9 Å². The maximum atomic E-state index is 5.43. The molecule has 5 rings (SSSR count). The molecule has 4 aromatic rings. The van der Waals surface area contributed by atoms with Crippen molar-refractivity contribution in [3.05, 3.63) is 48.2 Å². The standard InChI is InChI=1S/C19H15N5O4/c1-11-17(21-23-24(11)13-5-3-4-6-14(13)25-2)19-20-18(22-28-19)12-7-8-15-16(9-12)27-10-26-15/h3-9H,10H2,1-2H3. The van der Waals surface area contributed by atoms with E-state index in [4.69, 9.17) is 18.7 Å². The monoisotopic (exact) mass is 377 g/mol. The average molecular weight is 377 g/mol. The summed E-state index contributed by atoms with van der Waals surface area (Å²) in [6.45, 7) is 2.09. The van der Waals surface area contributed by atoms with Gasteiger partial charge in [-0.1, -0.05) is 22.5 Å². The van der Waals surface area contributed by atoms with Gasteiger partial charge in [0.05, 0.1) is 12.8 Å². The van der Waals surface area contributed by atoms with Gasteiger partial charge in [-0.15, -0.1) is 5.10 Å². The van der Waals surface area contributed by atoms with Crippen LogP contribution in [0.4, 0.5) is 0 Å². The van der Waals surface area contributed by atoms with Crippen LogP contribution in [0.3, 0.4) is 0 Å². The molecule has 0 atom stereocenters. The molecule has 0 spiro atoms. The van der Waals surface area contributed by atoms with E-state index in [2.05, 4.69) is 20.5 Å². The Hall–Kier alpha value is -3.88. The fourth-order valence-corrected chi connectivity index (χ4v) is 3.03. The van der Waals surface area contributed by atoms with Crippen molar-refractivity contribution in [3.63, 3.8) is 0 Å². The van der Waals surface area contributed by atoms with E-state index in [0.717, 1.165) is 16.9 Å². The summed E-state index contributed by atoms with van der Waals surface area (Å²) in [6.07, 6.45) is 0. The highest BCUT2D eigenvalue weighted by Crippen LogP contribution is 2.35. The predicted octanol–water partition coefficient (Wildman–Crippen LogP) is 3.03. The number of benzene rings is 2. The molecule has 28 heavy (non-hydrogen) atoms. The first-order chi connectivity index (χ1) is 13.7. The lowest BCUT2D eigenvalue weighted by atomic mass is 10.2. The Kier molecular flexibility index (Phi) is 3.71. The molecule has 0 saturated carbocycles. The third kappa shape index (κ3) is 2.56. The molecule has 2 aromatic carbocycles. The second-order valence-electron chi connectivity index (χ2n) is 6.10. The number of fused-ring (bicyclic) bond motifs is 1. The van der Waals surface area contributed by atoms with E-state index in [1.165, 1.54) is 0 Å². The zero-order valence-electron chi connectivity index (χ0n) is 15.1. The van der Waals surface area contributed by atoms with Gasteiger partial charge in [0.1, 0.15) is 11.4 Å². The molecule has 0 saturated heterocycles. The topological polar surface area (TPSA) is 97.3 Å². The van der Waals surface area contributed by atoms with Gasteiger partial charge < -0.3 is 18.7 Å². The Labute approximate surface area is 159 Å². The minimum Gasteiger partial charge on any atom is -0.494 e. The molecule has 9 nitrogen and oxygen atoms in total. The number of nitrogens with zero attached hydrogens (tertiary/aromatic N) is 5. The minimum absolute atomic E-state index is 0.210. The Morgan fingerprint density at radius 3 is 2.82 bits per heavy atom. The number of hydrogen-bond donors (Lipinski definition) is 0. The summed E-state index contributed by atoms with van der Waals surface area (Å²) in [5.41, 5.74) is 2.79. The van der Waals surface area contributed by atoms with Crippen LogP contribution in [0, 0.1) is 6.92 Å². The second kappa shape index (κ2) is 6.38. The zero-order valence-corrected chi connectivity index (χ0v) is 15.1. The molecular weight excluding hydrogens is 362 g/mol. The van der Waals surface area contributed by atoms with Crippen LogP contribution in [0.1, 0.15) is 5.69 Å². The molecule has 0 amide bonds. The summed E-state index contributed by atoms with van der Waals surface area (Å²) in [5, 5.41) is 12.5. The fourth-order valence-electron chi connectivity index (χ4n) is 3.03. The van der Waals surface area contributed by atoms with Crippen molar-refractivity contribution in [3.8, 4) is 45.9 Å². The van der Waals surface area contributed by atoms with Crippen LogP contribution in [0.5, 0.6) is 17.2 Å². The van der Waals surface area contributed by atoms with Crippen LogP contribution in [-0.2, 0) is 0 Å². The van der Waals surface area contributed by atoms with E-state index in [-0.39, 0.29) is 12.7 Å². The molecule has 0 fully saturated rings. The average Bonchev–Trinajstić information content (AvgIpc) is 3.46. The van der Waals surface area contributed by atoms with Gasteiger partial charge in [-0.05, 0) is 37.3 Å². The van der Waals surface area contributed by atoms with Crippen LogP contribution in [0.15, 0.2) is 47.0 Å². The molecule has 0 radical (unpaired) electrons. The molecule has 9 heteroatoms. The molecule has 2 aromatic heterocycles. The van der Waals surface area contributed by atoms with E-state index < -0.39 is 0 Å². The van der Waals surface area contributed by atoms with Gasteiger partial charge in [-0.25, -0.2) is 4.68 Å². The highest BCUT2D eigenvalue weighted by molar-refractivity contribution is 5.63. The summed E-state index contributed by atoms with van der Waals surface area (Å²) in [4.78, 5) is 4.47. The maximum absolute atomic E-state index is 5.43. The fraction of sp³-hybridized carbons (Fsp3) is 0.158. The molecule has 0 N–H and O–H groups in total. The Balaban J connectivity index is 1.51. The van der Waals surface area contributed by atoms with Gasteiger partial charge in [-0.3, -0.25) is 0 Å². The van der Waals surface area contributed by atoms with Crippen molar-refractivity contribution < 1.29 is 18.7 Å². The summed E-state index contributed by atoms with van der Waals surface area (Å²) >= 11 is 0. The SMILES string of the molecule is COc1ccccc1-n1nnc(-c2nc(-c3ccc4c(c3)OCO4)no2)c1C. The van der Waals surface area contributed by atoms with E-state index in [9.17, 15) is 0 Å². The van der Waals surface area contributed by atoms with Crippen molar-refractivity contribution in [1.29, 1.82) is 0 Å². The first-order valence-corrected chi connectivity index (χ1v) is 8.54. The Morgan fingerprint density at radius 2 is 1.93 bits per heavy atom. The first kappa shape index (κ1) is 16.3. The lowest BCUT2D eigenvalue weighted by Gasteiger charge is -2.08. The van der Waals surface area contributed by atoms with Crippen molar-refractivity contribution in [2.24, 2.45) is 0 Å². The van der Waals surface area contributed by atoms with Crippen LogP contribution < -0.4 is 14.2 Å². The maximum Gasteiger partial charge on any atom is 0.280 e. The molecule has 1 aliphatic heterocycles. The zero-order chi connectivity index (χ0) is 19.1. The first-order valence-electron chi connectivity index (χ1n) is 8.54. The molecule has 1 aliphatic rings. The Morgan fingerprint density at radius 1 is 1.07 bits per heavy atom. The van der Waals surface area contributed by atoms with E-state index in [0.29, 0.717) is 28.8 Å². The van der Waals surface area contributed by atoms with Crippen LogP contribution in [-0.4, -0.2) is 39.0 Å². The van der Waals surface area contributed by atoms with Crippen LogP contribution in [0.25, 0.3) is 28.7 Å².